The van der Waals surface area contributed by atoms with Gasteiger partial charge in [-0.1, -0.05) is 45.0 Å². The van der Waals surface area contributed by atoms with E-state index < -0.39 is 15.7 Å². The second-order valence-corrected chi connectivity index (χ2v) is 10.2. The van der Waals surface area contributed by atoms with E-state index in [-0.39, 0.29) is 29.4 Å². The number of nitrogens with two attached hydrogens (primary N) is 1. The Balaban J connectivity index is 1.99. The van der Waals surface area contributed by atoms with Gasteiger partial charge in [-0.2, -0.15) is 0 Å². The summed E-state index contributed by atoms with van der Waals surface area (Å²) in [5.41, 5.74) is 7.72. The Hall–Kier alpha value is -1.40. The Morgan fingerprint density at radius 2 is 1.84 bits per heavy atom. The molecule has 1 heterocycles. The van der Waals surface area contributed by atoms with E-state index in [0.717, 1.165) is 19.4 Å². The third-order valence-corrected chi connectivity index (χ3v) is 6.50. The number of rotatable bonds is 7. The molecule has 2 N–H and O–H groups in total. The number of likely N-dealkylation sites (tertiary alicyclic amines) is 1. The van der Waals surface area contributed by atoms with E-state index in [1.54, 1.807) is 0 Å². The van der Waals surface area contributed by atoms with Gasteiger partial charge >= 0.3 is 0 Å². The molecule has 1 aliphatic rings. The van der Waals surface area contributed by atoms with Crippen molar-refractivity contribution in [1.29, 1.82) is 0 Å². The molecule has 0 saturated carbocycles. The van der Waals surface area contributed by atoms with Gasteiger partial charge in [0.1, 0.15) is 0 Å². The lowest BCUT2D eigenvalue weighted by Crippen LogP contribution is -2.30. The maximum absolute atomic E-state index is 12.1. The van der Waals surface area contributed by atoms with E-state index in [1.165, 1.54) is 11.1 Å². The minimum atomic E-state index is -3.24. The van der Waals surface area contributed by atoms with Crippen LogP contribution < -0.4 is 5.73 Å². The molecule has 1 fully saturated rings. The molecule has 2 rings (SSSR count). The maximum Gasteiger partial charge on any atom is 0.218 e. The minimum absolute atomic E-state index is 0.0802. The van der Waals surface area contributed by atoms with Gasteiger partial charge in [0, 0.05) is 19.0 Å². The highest BCUT2D eigenvalue weighted by molar-refractivity contribution is 7.91. The third-order valence-electron chi connectivity index (χ3n) is 4.87. The van der Waals surface area contributed by atoms with Gasteiger partial charge in [-0.15, -0.1) is 0 Å². The number of amides is 1. The molecule has 1 saturated heterocycles. The van der Waals surface area contributed by atoms with Gasteiger partial charge < -0.3 is 5.73 Å². The molecule has 6 heteroatoms. The first kappa shape index (κ1) is 19.9. The lowest BCUT2D eigenvalue weighted by Gasteiger charge is -2.26. The zero-order valence-corrected chi connectivity index (χ0v) is 16.3. The average molecular weight is 367 g/mol. The predicted molar refractivity (Wildman–Crippen MR) is 101 cm³/mol. The van der Waals surface area contributed by atoms with Gasteiger partial charge in [0.15, 0.2) is 9.84 Å². The molecule has 1 amide bonds. The van der Waals surface area contributed by atoms with Gasteiger partial charge in [-0.05, 0) is 35.9 Å². The fourth-order valence-electron chi connectivity index (χ4n) is 3.29. The van der Waals surface area contributed by atoms with Crippen LogP contribution in [0.3, 0.4) is 0 Å². The highest BCUT2D eigenvalue weighted by atomic mass is 32.2. The summed E-state index contributed by atoms with van der Waals surface area (Å²) >= 11 is 0. The first-order chi connectivity index (χ1) is 11.6. The van der Waals surface area contributed by atoms with Crippen LogP contribution in [-0.4, -0.2) is 43.8 Å². The van der Waals surface area contributed by atoms with E-state index >= 15 is 0 Å². The van der Waals surface area contributed by atoms with Crippen LogP contribution in [-0.2, 0) is 20.0 Å². The number of sulfone groups is 1. The fourth-order valence-corrected chi connectivity index (χ4v) is 4.52. The van der Waals surface area contributed by atoms with E-state index in [4.69, 9.17) is 5.73 Å². The second-order valence-electron chi connectivity index (χ2n) is 7.93. The van der Waals surface area contributed by atoms with Crippen LogP contribution in [0.2, 0.25) is 0 Å². The Morgan fingerprint density at radius 3 is 2.40 bits per heavy atom. The summed E-state index contributed by atoms with van der Waals surface area (Å²) in [5.74, 6) is -0.639. The molecule has 1 aromatic carbocycles. The number of carbonyl (C=O) groups is 1. The van der Waals surface area contributed by atoms with Crippen molar-refractivity contribution in [2.75, 3.05) is 24.6 Å². The van der Waals surface area contributed by atoms with Gasteiger partial charge in [-0.3, -0.25) is 9.69 Å². The largest absolute Gasteiger partial charge is 0.370 e. The molecule has 0 radical (unpaired) electrons. The van der Waals surface area contributed by atoms with E-state index in [2.05, 4.69) is 49.9 Å². The summed E-state index contributed by atoms with van der Waals surface area (Å²) in [6.07, 6.45) is 2.03. The van der Waals surface area contributed by atoms with Crippen molar-refractivity contribution >= 4 is 15.7 Å². The molecule has 1 atom stereocenters. The quantitative estimate of drug-likeness (QED) is 0.803. The standard InChI is InChI=1S/C19H30N2O3S/c1-19(2,3)16-8-6-15(7-9-16)17-5-4-11-21(17)12-14-25(23,24)13-10-18(20)22/h6-9,17H,4-5,10-14H2,1-3H3,(H2,20,22)/t17-/m1/s1. The molecule has 0 spiro atoms. The number of hydrogen-bond acceptors (Lipinski definition) is 4. The van der Waals surface area contributed by atoms with Gasteiger partial charge in [-0.25, -0.2) is 8.42 Å². The lowest BCUT2D eigenvalue weighted by molar-refractivity contribution is -0.117. The maximum atomic E-state index is 12.1. The van der Waals surface area contributed by atoms with Crippen LogP contribution in [0.25, 0.3) is 0 Å². The SMILES string of the molecule is CC(C)(C)c1ccc([C@H]2CCCN2CCS(=O)(=O)CCC(N)=O)cc1. The molecule has 140 valence electrons. The Kier molecular flexibility index (Phi) is 6.27. The Morgan fingerprint density at radius 1 is 1.20 bits per heavy atom. The Bertz CT molecular complexity index is 690. The molecule has 1 aromatic rings. The monoisotopic (exact) mass is 366 g/mol. The van der Waals surface area contributed by atoms with Crippen molar-refractivity contribution in [1.82, 2.24) is 4.90 Å². The molecule has 25 heavy (non-hydrogen) atoms. The topological polar surface area (TPSA) is 80.5 Å². The second kappa shape index (κ2) is 7.87. The zero-order valence-electron chi connectivity index (χ0n) is 15.5. The molecule has 1 aliphatic heterocycles. The summed E-state index contributed by atoms with van der Waals surface area (Å²) in [6.45, 7) is 8.01. The van der Waals surface area contributed by atoms with E-state index in [0.29, 0.717) is 6.54 Å². The smallest absolute Gasteiger partial charge is 0.218 e. The van der Waals surface area contributed by atoms with Crippen LogP contribution in [0.1, 0.15) is 57.2 Å². The molecule has 0 aromatic heterocycles. The highest BCUT2D eigenvalue weighted by Gasteiger charge is 2.27. The molecule has 0 aliphatic carbocycles. The first-order valence-corrected chi connectivity index (χ1v) is 10.7. The molecule has 0 bridgehead atoms. The van der Waals surface area contributed by atoms with Crippen molar-refractivity contribution in [3.63, 3.8) is 0 Å². The van der Waals surface area contributed by atoms with Crippen molar-refractivity contribution in [3.8, 4) is 0 Å². The van der Waals surface area contributed by atoms with Gasteiger partial charge in [0.25, 0.3) is 0 Å². The molecule has 0 unspecified atom stereocenters. The van der Waals surface area contributed by atoms with Crippen LogP contribution >= 0.6 is 0 Å². The highest BCUT2D eigenvalue weighted by Crippen LogP contribution is 2.33. The van der Waals surface area contributed by atoms with Crippen LogP contribution in [0.4, 0.5) is 0 Å². The summed E-state index contributed by atoms with van der Waals surface area (Å²) in [7, 11) is -3.24. The van der Waals surface area contributed by atoms with Crippen molar-refractivity contribution in [2.24, 2.45) is 5.73 Å². The fraction of sp³-hybridized carbons (Fsp3) is 0.632. The third kappa shape index (κ3) is 5.82. The van der Waals surface area contributed by atoms with Crippen LogP contribution in [0.5, 0.6) is 0 Å². The number of benzene rings is 1. The van der Waals surface area contributed by atoms with E-state index in [9.17, 15) is 13.2 Å². The van der Waals surface area contributed by atoms with E-state index in [1.807, 2.05) is 0 Å². The van der Waals surface area contributed by atoms with Gasteiger partial charge in [0.05, 0.1) is 11.5 Å². The number of hydrogen-bond donors (Lipinski definition) is 1. The first-order valence-electron chi connectivity index (χ1n) is 8.92. The minimum Gasteiger partial charge on any atom is -0.370 e. The van der Waals surface area contributed by atoms with Crippen LogP contribution in [0.15, 0.2) is 24.3 Å². The predicted octanol–water partition coefficient (Wildman–Crippen LogP) is 2.41. The normalized spacial score (nSPS) is 19.2. The Labute approximate surface area is 151 Å². The molecular weight excluding hydrogens is 336 g/mol. The van der Waals surface area contributed by atoms with Crippen molar-refractivity contribution < 1.29 is 13.2 Å². The van der Waals surface area contributed by atoms with Gasteiger partial charge in [0.2, 0.25) is 5.91 Å². The lowest BCUT2D eigenvalue weighted by atomic mass is 9.86. The molecular formula is C19H30N2O3S. The molecule has 5 nitrogen and oxygen atoms in total. The number of carbonyl (C=O) groups excluding carboxylic acids is 1. The summed E-state index contributed by atoms with van der Waals surface area (Å²) in [6, 6.07) is 8.97. The summed E-state index contributed by atoms with van der Waals surface area (Å²) in [4.78, 5) is 13.0. The van der Waals surface area contributed by atoms with Crippen molar-refractivity contribution in [2.45, 2.75) is 51.5 Å². The summed E-state index contributed by atoms with van der Waals surface area (Å²) < 4.78 is 24.1. The summed E-state index contributed by atoms with van der Waals surface area (Å²) in [5, 5.41) is 0. The average Bonchev–Trinajstić information content (AvgIpc) is 2.99. The zero-order chi connectivity index (χ0) is 18.7. The van der Waals surface area contributed by atoms with Crippen molar-refractivity contribution in [3.05, 3.63) is 35.4 Å². The van der Waals surface area contributed by atoms with Crippen LogP contribution in [0, 0.1) is 0 Å². The number of primary amides is 1. The number of nitrogens with zero attached hydrogens (tertiary/aromatic N) is 1.